The van der Waals surface area contributed by atoms with Gasteiger partial charge in [-0.3, -0.25) is 37.3 Å². The lowest BCUT2D eigenvalue weighted by Crippen LogP contribution is -2.30. The molecule has 0 rings (SSSR count). The molecule has 0 aliphatic carbocycles. The number of ether oxygens (including phenoxy) is 4. The van der Waals surface area contributed by atoms with Gasteiger partial charge in [0.1, 0.15) is 19.3 Å². The highest BCUT2D eigenvalue weighted by Crippen LogP contribution is 2.45. The zero-order valence-electron chi connectivity index (χ0n) is 64.8. The van der Waals surface area contributed by atoms with E-state index in [0.29, 0.717) is 25.7 Å². The van der Waals surface area contributed by atoms with Gasteiger partial charge in [0.2, 0.25) is 0 Å². The van der Waals surface area contributed by atoms with Crippen LogP contribution in [0.2, 0.25) is 0 Å². The number of phosphoric acid groups is 2. The molecule has 3 N–H and O–H groups in total. The van der Waals surface area contributed by atoms with Crippen LogP contribution >= 0.6 is 15.6 Å². The first-order chi connectivity index (χ1) is 47.9. The molecule has 99 heavy (non-hydrogen) atoms. The number of hydrogen-bond donors (Lipinski definition) is 3. The van der Waals surface area contributed by atoms with Gasteiger partial charge >= 0.3 is 39.5 Å². The van der Waals surface area contributed by atoms with Crippen LogP contribution < -0.4 is 0 Å². The Morgan fingerprint density at radius 1 is 0.273 bits per heavy atom. The van der Waals surface area contributed by atoms with Crippen molar-refractivity contribution in [2.24, 2.45) is 11.8 Å². The lowest BCUT2D eigenvalue weighted by molar-refractivity contribution is -0.161. The second kappa shape index (κ2) is 71.7. The second-order valence-corrected chi connectivity index (χ2v) is 32.7. The summed E-state index contributed by atoms with van der Waals surface area (Å²) in [4.78, 5) is 72.9. The average Bonchev–Trinajstić information content (AvgIpc) is 1.28. The highest BCUT2D eigenvalue weighted by molar-refractivity contribution is 7.47. The van der Waals surface area contributed by atoms with Crippen molar-refractivity contribution in [1.29, 1.82) is 0 Å². The number of unbranched alkanes of at least 4 members (excludes halogenated alkanes) is 49. The highest BCUT2D eigenvalue weighted by Gasteiger charge is 2.30. The van der Waals surface area contributed by atoms with E-state index in [0.717, 1.165) is 102 Å². The van der Waals surface area contributed by atoms with Crippen molar-refractivity contribution in [3.8, 4) is 0 Å². The molecule has 0 radical (unpaired) electrons. The molecule has 0 bridgehead atoms. The predicted octanol–water partition coefficient (Wildman–Crippen LogP) is 23.9. The molecule has 0 aromatic heterocycles. The Bertz CT molecular complexity index is 1910. The van der Waals surface area contributed by atoms with Gasteiger partial charge in [0.05, 0.1) is 26.4 Å². The van der Waals surface area contributed by atoms with Crippen LogP contribution in [0.3, 0.4) is 0 Å². The topological polar surface area (TPSA) is 237 Å². The maximum atomic E-state index is 13.1. The van der Waals surface area contributed by atoms with Crippen molar-refractivity contribution in [3.63, 3.8) is 0 Å². The van der Waals surface area contributed by atoms with Crippen molar-refractivity contribution in [3.05, 3.63) is 0 Å². The first-order valence-electron chi connectivity index (χ1n) is 41.5. The first kappa shape index (κ1) is 97.1. The summed E-state index contributed by atoms with van der Waals surface area (Å²) in [5.74, 6) is -0.538. The van der Waals surface area contributed by atoms with Crippen molar-refractivity contribution in [2.75, 3.05) is 39.6 Å². The standard InChI is InChI=1S/C80H156O17P2/c1-7-9-11-13-15-17-18-19-20-26-29-32-39-45-51-57-63-78(83)91-69-76(96-79(84)64-58-52-46-40-33-30-27-24-22-21-23-25-28-31-37-42-48-54-60-72(3)4)71-95-99(88,89)93-67-74(81)66-92-98(86,87)94-70-75(68-90-77(82)62-56-50-44-36-16-14-12-10-8-2)97-80(85)65-59-53-47-41-35-34-38-43-49-55-61-73(5)6/h72-76,81H,7-71H2,1-6H3,(H,86,87)(H,88,89)/t74-,75+,76+/m0/s1. The highest BCUT2D eigenvalue weighted by atomic mass is 31.2. The van der Waals surface area contributed by atoms with Crippen LogP contribution in [0.5, 0.6) is 0 Å². The number of rotatable bonds is 79. The summed E-state index contributed by atoms with van der Waals surface area (Å²) in [6.07, 6.45) is 61.1. The van der Waals surface area contributed by atoms with Gasteiger partial charge in [0, 0.05) is 25.7 Å². The summed E-state index contributed by atoms with van der Waals surface area (Å²) in [5.41, 5.74) is 0. The molecular weight excluding hydrogens is 1290 g/mol. The van der Waals surface area contributed by atoms with Crippen LogP contribution in [-0.2, 0) is 65.4 Å². The van der Waals surface area contributed by atoms with Gasteiger partial charge in [0.15, 0.2) is 12.2 Å². The van der Waals surface area contributed by atoms with Gasteiger partial charge in [-0.1, -0.05) is 369 Å². The molecule has 0 spiro atoms. The monoisotopic (exact) mass is 1450 g/mol. The van der Waals surface area contributed by atoms with E-state index in [-0.39, 0.29) is 25.7 Å². The molecule has 0 saturated carbocycles. The zero-order valence-corrected chi connectivity index (χ0v) is 66.6. The number of esters is 4. The molecule has 0 aliphatic heterocycles. The summed E-state index contributed by atoms with van der Waals surface area (Å²) in [6.45, 7) is 9.64. The summed E-state index contributed by atoms with van der Waals surface area (Å²) in [7, 11) is -9.91. The molecule has 2 unspecified atom stereocenters. The van der Waals surface area contributed by atoms with Gasteiger partial charge < -0.3 is 33.8 Å². The Kier molecular flexibility index (Phi) is 70.3. The third kappa shape index (κ3) is 74.1. The minimum Gasteiger partial charge on any atom is -0.462 e. The van der Waals surface area contributed by atoms with Gasteiger partial charge in [-0.15, -0.1) is 0 Å². The summed E-state index contributed by atoms with van der Waals surface area (Å²) < 4.78 is 68.6. The summed E-state index contributed by atoms with van der Waals surface area (Å²) in [5, 5.41) is 10.6. The molecule has 0 amide bonds. The van der Waals surface area contributed by atoms with E-state index in [1.807, 2.05) is 0 Å². The van der Waals surface area contributed by atoms with E-state index in [1.165, 1.54) is 238 Å². The Morgan fingerprint density at radius 2 is 0.465 bits per heavy atom. The number of aliphatic hydroxyl groups excluding tert-OH is 1. The Balaban J connectivity index is 5.20. The fourth-order valence-corrected chi connectivity index (χ4v) is 13.9. The number of hydrogen-bond acceptors (Lipinski definition) is 15. The van der Waals surface area contributed by atoms with Crippen LogP contribution in [-0.4, -0.2) is 96.7 Å². The SMILES string of the molecule is CCCCCCCCCCCCCCCCCCC(=O)OC[C@H](COP(=O)(O)OC[C@@H](O)COP(=O)(O)OC[C@@H](COC(=O)CCCCCCCCCCC)OC(=O)CCCCCCCCCCCCC(C)C)OC(=O)CCCCCCCCCCCCCCCCCCCCC(C)C. The Hall–Kier alpha value is -1.94. The van der Waals surface area contributed by atoms with E-state index < -0.39 is 97.5 Å². The maximum Gasteiger partial charge on any atom is 0.472 e. The number of aliphatic hydroxyl groups is 1. The van der Waals surface area contributed by atoms with E-state index in [1.54, 1.807) is 0 Å². The largest absolute Gasteiger partial charge is 0.472 e. The number of carbonyl (C=O) groups is 4. The molecule has 5 atom stereocenters. The normalized spacial score (nSPS) is 13.9. The molecule has 0 heterocycles. The summed E-state index contributed by atoms with van der Waals surface area (Å²) >= 11 is 0. The molecule has 0 saturated heterocycles. The lowest BCUT2D eigenvalue weighted by atomic mass is 10.0. The number of phosphoric ester groups is 2. The van der Waals surface area contributed by atoms with Crippen LogP contribution in [0.1, 0.15) is 420 Å². The first-order valence-corrected chi connectivity index (χ1v) is 44.5. The van der Waals surface area contributed by atoms with E-state index in [9.17, 15) is 43.2 Å². The fraction of sp³-hybridized carbons (Fsp3) is 0.950. The molecule has 588 valence electrons. The smallest absolute Gasteiger partial charge is 0.462 e. The molecule has 17 nitrogen and oxygen atoms in total. The minimum atomic E-state index is -4.96. The third-order valence-electron chi connectivity index (χ3n) is 18.7. The lowest BCUT2D eigenvalue weighted by Gasteiger charge is -2.21. The van der Waals surface area contributed by atoms with Crippen LogP contribution in [0.4, 0.5) is 0 Å². The summed E-state index contributed by atoms with van der Waals surface area (Å²) in [6, 6.07) is 0. The van der Waals surface area contributed by atoms with Crippen molar-refractivity contribution >= 4 is 39.5 Å². The Labute approximate surface area is 607 Å². The second-order valence-electron chi connectivity index (χ2n) is 29.8. The predicted molar refractivity (Wildman–Crippen MR) is 405 cm³/mol. The minimum absolute atomic E-state index is 0.106. The fourth-order valence-electron chi connectivity index (χ4n) is 12.4. The third-order valence-corrected chi connectivity index (χ3v) is 20.6. The molecule has 0 fully saturated rings. The zero-order chi connectivity index (χ0) is 72.8. The van der Waals surface area contributed by atoms with Crippen molar-refractivity contribution < 1.29 is 80.2 Å². The van der Waals surface area contributed by atoms with Gasteiger partial charge in [0.25, 0.3) is 0 Å². The number of carbonyl (C=O) groups excluding carboxylic acids is 4. The van der Waals surface area contributed by atoms with Gasteiger partial charge in [-0.25, -0.2) is 9.13 Å². The van der Waals surface area contributed by atoms with Crippen LogP contribution in [0, 0.1) is 11.8 Å². The molecular formula is C80H156O17P2. The molecule has 19 heteroatoms. The van der Waals surface area contributed by atoms with Crippen LogP contribution in [0.25, 0.3) is 0 Å². The van der Waals surface area contributed by atoms with Gasteiger partial charge in [-0.2, -0.15) is 0 Å². The van der Waals surface area contributed by atoms with E-state index >= 15 is 0 Å². The van der Waals surface area contributed by atoms with E-state index in [4.69, 9.17) is 37.0 Å². The quantitative estimate of drug-likeness (QED) is 0.0222. The van der Waals surface area contributed by atoms with Crippen molar-refractivity contribution in [1.82, 2.24) is 0 Å². The van der Waals surface area contributed by atoms with Crippen molar-refractivity contribution in [2.45, 2.75) is 439 Å². The molecule has 0 aliphatic rings. The Morgan fingerprint density at radius 3 is 0.687 bits per heavy atom. The molecule has 0 aromatic carbocycles. The van der Waals surface area contributed by atoms with E-state index in [2.05, 4.69) is 41.5 Å². The van der Waals surface area contributed by atoms with Crippen LogP contribution in [0.15, 0.2) is 0 Å². The maximum absolute atomic E-state index is 13.1. The average molecular weight is 1450 g/mol. The van der Waals surface area contributed by atoms with Gasteiger partial charge in [-0.05, 0) is 37.5 Å². The molecule has 0 aromatic rings.